The number of nitrogens with zero attached hydrogens (tertiary/aromatic N) is 1. The van der Waals surface area contributed by atoms with Crippen LogP contribution in [0.5, 0.6) is 0 Å². The van der Waals surface area contributed by atoms with Gasteiger partial charge >= 0.3 is 0 Å². The molecule has 0 aliphatic rings. The molecule has 5 nitrogen and oxygen atoms in total. The van der Waals surface area contributed by atoms with Gasteiger partial charge in [0.05, 0.1) is 17.0 Å². The lowest BCUT2D eigenvalue weighted by Crippen LogP contribution is -2.35. The van der Waals surface area contributed by atoms with E-state index in [9.17, 15) is 9.59 Å². The molecule has 0 unspecified atom stereocenters. The summed E-state index contributed by atoms with van der Waals surface area (Å²) in [4.78, 5) is 24.3. The summed E-state index contributed by atoms with van der Waals surface area (Å²) in [7, 11) is 0. The summed E-state index contributed by atoms with van der Waals surface area (Å²) in [6.45, 7) is 1.81. The number of carbonyl (C=O) groups excluding carboxylic acids is 2. The van der Waals surface area contributed by atoms with Crippen molar-refractivity contribution < 1.29 is 14.1 Å². The molecule has 0 bridgehead atoms. The first-order valence-corrected chi connectivity index (χ1v) is 6.78. The Labute approximate surface area is 114 Å². The third-order valence-corrected chi connectivity index (χ3v) is 3.44. The highest BCUT2D eigenvalue weighted by Crippen LogP contribution is 2.12. The Morgan fingerprint density at radius 1 is 1.47 bits per heavy atom. The topological polar surface area (TPSA) is 72.2 Å². The van der Waals surface area contributed by atoms with Crippen LogP contribution in [0.3, 0.4) is 0 Å². The molecule has 0 aliphatic carbocycles. The van der Waals surface area contributed by atoms with Gasteiger partial charge in [-0.3, -0.25) is 9.59 Å². The van der Waals surface area contributed by atoms with Crippen molar-refractivity contribution in [1.82, 2.24) is 10.5 Å². The van der Waals surface area contributed by atoms with Gasteiger partial charge in [-0.2, -0.15) is 0 Å². The van der Waals surface area contributed by atoms with Crippen LogP contribution >= 0.6 is 11.3 Å². The van der Waals surface area contributed by atoms with Gasteiger partial charge in [-0.15, -0.1) is 11.3 Å². The maximum absolute atomic E-state index is 11.8. The van der Waals surface area contributed by atoms with Crippen LogP contribution in [0.25, 0.3) is 0 Å². The van der Waals surface area contributed by atoms with Crippen molar-refractivity contribution in [2.24, 2.45) is 0 Å². The summed E-state index contributed by atoms with van der Waals surface area (Å²) in [5.74, 6) is -0.121. The van der Waals surface area contributed by atoms with Crippen molar-refractivity contribution in [1.29, 1.82) is 0 Å². The molecule has 6 heteroatoms. The van der Waals surface area contributed by atoms with Crippen molar-refractivity contribution in [3.8, 4) is 0 Å². The summed E-state index contributed by atoms with van der Waals surface area (Å²) in [6, 6.07) is 5.07. The SMILES string of the molecule is C[C@H](CC(=O)c1cccs1)NC(=O)Cc1ccon1. The summed E-state index contributed by atoms with van der Waals surface area (Å²) >= 11 is 1.41. The van der Waals surface area contributed by atoms with E-state index in [4.69, 9.17) is 0 Å². The number of aromatic nitrogens is 1. The fraction of sp³-hybridized carbons (Fsp3) is 0.308. The Morgan fingerprint density at radius 2 is 2.32 bits per heavy atom. The van der Waals surface area contributed by atoms with Gasteiger partial charge in [0.15, 0.2) is 5.78 Å². The summed E-state index contributed by atoms with van der Waals surface area (Å²) in [6.07, 6.45) is 1.88. The zero-order valence-electron chi connectivity index (χ0n) is 10.5. The predicted octanol–water partition coefficient (Wildman–Crippen LogP) is 2.06. The lowest BCUT2D eigenvalue weighted by atomic mass is 10.1. The molecule has 0 radical (unpaired) electrons. The zero-order chi connectivity index (χ0) is 13.7. The molecule has 0 aliphatic heterocycles. The minimum atomic E-state index is -0.200. The molecule has 19 heavy (non-hydrogen) atoms. The number of thiophene rings is 1. The average Bonchev–Trinajstić information content (AvgIpc) is 3.00. The van der Waals surface area contributed by atoms with Gasteiger partial charge < -0.3 is 9.84 Å². The molecule has 0 saturated carbocycles. The molecular formula is C13H14N2O3S. The lowest BCUT2D eigenvalue weighted by molar-refractivity contribution is -0.121. The summed E-state index contributed by atoms with van der Waals surface area (Å²) in [5, 5.41) is 8.30. The quantitative estimate of drug-likeness (QED) is 0.821. The minimum absolute atomic E-state index is 0.0456. The predicted molar refractivity (Wildman–Crippen MR) is 71.1 cm³/mol. The molecule has 0 saturated heterocycles. The van der Waals surface area contributed by atoms with Crippen LogP contribution in [0, 0.1) is 0 Å². The molecule has 1 amide bonds. The Bertz CT molecular complexity index is 534. The number of hydrogen-bond acceptors (Lipinski definition) is 5. The fourth-order valence-electron chi connectivity index (χ4n) is 1.69. The highest BCUT2D eigenvalue weighted by molar-refractivity contribution is 7.12. The maximum Gasteiger partial charge on any atom is 0.226 e. The van der Waals surface area contributed by atoms with E-state index in [1.54, 1.807) is 12.1 Å². The number of nitrogens with one attached hydrogen (secondary N) is 1. The van der Waals surface area contributed by atoms with E-state index in [1.165, 1.54) is 17.6 Å². The van der Waals surface area contributed by atoms with E-state index in [0.717, 1.165) is 4.88 Å². The van der Waals surface area contributed by atoms with Gasteiger partial charge in [0.2, 0.25) is 5.91 Å². The first-order valence-electron chi connectivity index (χ1n) is 5.90. The second kappa shape index (κ2) is 6.29. The molecule has 0 fully saturated rings. The number of carbonyl (C=O) groups is 2. The molecule has 2 heterocycles. The van der Waals surface area contributed by atoms with E-state index in [1.807, 2.05) is 18.4 Å². The third kappa shape index (κ3) is 4.03. The number of Topliss-reactive ketones (excluding diaryl/α,β-unsaturated/α-hetero) is 1. The van der Waals surface area contributed by atoms with Crippen LogP contribution in [-0.2, 0) is 11.2 Å². The highest BCUT2D eigenvalue weighted by atomic mass is 32.1. The standard InChI is InChI=1S/C13H14N2O3S/c1-9(7-11(16)12-3-2-6-19-12)14-13(17)8-10-4-5-18-15-10/h2-6,9H,7-8H2,1H3,(H,14,17)/t9-/m1/s1. The monoisotopic (exact) mass is 278 g/mol. The van der Waals surface area contributed by atoms with Crippen LogP contribution in [0.15, 0.2) is 34.4 Å². The van der Waals surface area contributed by atoms with Crippen LogP contribution in [-0.4, -0.2) is 22.9 Å². The lowest BCUT2D eigenvalue weighted by Gasteiger charge is -2.11. The molecule has 2 aromatic rings. The molecule has 1 atom stereocenters. The Hall–Kier alpha value is -1.95. The van der Waals surface area contributed by atoms with Gasteiger partial charge in [0, 0.05) is 18.5 Å². The molecule has 2 aromatic heterocycles. The minimum Gasteiger partial charge on any atom is -0.364 e. The normalized spacial score (nSPS) is 12.1. The first-order chi connectivity index (χ1) is 9.15. The van der Waals surface area contributed by atoms with Gasteiger partial charge in [0.1, 0.15) is 6.26 Å². The summed E-state index contributed by atoms with van der Waals surface area (Å²) < 4.78 is 4.65. The summed E-state index contributed by atoms with van der Waals surface area (Å²) in [5.41, 5.74) is 0.578. The maximum atomic E-state index is 11.8. The molecule has 1 N–H and O–H groups in total. The molecule has 0 aromatic carbocycles. The molecular weight excluding hydrogens is 264 g/mol. The van der Waals surface area contributed by atoms with Gasteiger partial charge in [0.25, 0.3) is 0 Å². The van der Waals surface area contributed by atoms with Crippen LogP contribution in [0.1, 0.15) is 28.7 Å². The Balaban J connectivity index is 1.79. The van der Waals surface area contributed by atoms with E-state index in [2.05, 4.69) is 15.0 Å². The third-order valence-electron chi connectivity index (χ3n) is 2.53. The highest BCUT2D eigenvalue weighted by Gasteiger charge is 2.15. The number of ketones is 1. The second-order valence-corrected chi connectivity index (χ2v) is 5.19. The smallest absolute Gasteiger partial charge is 0.226 e. The van der Waals surface area contributed by atoms with Crippen molar-refractivity contribution in [2.45, 2.75) is 25.8 Å². The van der Waals surface area contributed by atoms with E-state index in [-0.39, 0.29) is 24.2 Å². The van der Waals surface area contributed by atoms with E-state index in [0.29, 0.717) is 12.1 Å². The van der Waals surface area contributed by atoms with Crippen LogP contribution in [0.2, 0.25) is 0 Å². The van der Waals surface area contributed by atoms with Crippen molar-refractivity contribution in [2.75, 3.05) is 0 Å². The largest absolute Gasteiger partial charge is 0.364 e. The Morgan fingerprint density at radius 3 is 2.95 bits per heavy atom. The van der Waals surface area contributed by atoms with Gasteiger partial charge in [-0.1, -0.05) is 11.2 Å². The zero-order valence-corrected chi connectivity index (χ0v) is 11.3. The number of rotatable bonds is 6. The fourth-order valence-corrected chi connectivity index (χ4v) is 2.36. The van der Waals surface area contributed by atoms with Gasteiger partial charge in [-0.05, 0) is 18.4 Å². The van der Waals surface area contributed by atoms with Crippen LogP contribution in [0.4, 0.5) is 0 Å². The average molecular weight is 278 g/mol. The molecule has 0 spiro atoms. The Kier molecular flexibility index (Phi) is 4.46. The van der Waals surface area contributed by atoms with Crippen molar-refractivity contribution in [3.63, 3.8) is 0 Å². The van der Waals surface area contributed by atoms with Crippen molar-refractivity contribution >= 4 is 23.0 Å². The second-order valence-electron chi connectivity index (χ2n) is 4.24. The molecule has 2 rings (SSSR count). The first kappa shape index (κ1) is 13.5. The van der Waals surface area contributed by atoms with E-state index >= 15 is 0 Å². The van der Waals surface area contributed by atoms with Gasteiger partial charge in [-0.25, -0.2) is 0 Å². The number of hydrogen-bond donors (Lipinski definition) is 1. The van der Waals surface area contributed by atoms with E-state index < -0.39 is 0 Å². The van der Waals surface area contributed by atoms with Crippen LogP contribution < -0.4 is 5.32 Å². The van der Waals surface area contributed by atoms with Crippen molar-refractivity contribution in [3.05, 3.63) is 40.4 Å². The number of amides is 1. The molecule has 100 valence electrons.